The van der Waals surface area contributed by atoms with Crippen LogP contribution < -0.4 is 0 Å². The van der Waals surface area contributed by atoms with Crippen molar-refractivity contribution >= 4 is 11.8 Å². The summed E-state index contributed by atoms with van der Waals surface area (Å²) in [5, 5.41) is 10.5. The lowest BCUT2D eigenvalue weighted by Gasteiger charge is -2.12. The van der Waals surface area contributed by atoms with Crippen LogP contribution in [0.2, 0.25) is 0 Å². The van der Waals surface area contributed by atoms with E-state index < -0.39 is 0 Å². The largest absolute Gasteiger partial charge is 0.392 e. The number of rotatable bonds is 5. The molecule has 0 saturated heterocycles. The van der Waals surface area contributed by atoms with Crippen molar-refractivity contribution in [3.63, 3.8) is 0 Å². The lowest BCUT2D eigenvalue weighted by atomic mass is 10.2. The highest BCUT2D eigenvalue weighted by Gasteiger charge is 2.16. The summed E-state index contributed by atoms with van der Waals surface area (Å²) in [5.74, 6) is 6.74. The average Bonchev–Trinajstić information content (AvgIpc) is 2.68. The number of hydrogen-bond acceptors (Lipinski definition) is 2. The second-order valence-electron chi connectivity index (χ2n) is 3.86. The second kappa shape index (κ2) is 7.20. The van der Waals surface area contributed by atoms with Crippen LogP contribution in [0.1, 0.15) is 45.4 Å². The van der Waals surface area contributed by atoms with Gasteiger partial charge in [0.25, 0.3) is 0 Å². The molecule has 0 bridgehead atoms. The molecule has 0 aliphatic heterocycles. The number of hydrogen-bond donors (Lipinski definition) is 1. The van der Waals surface area contributed by atoms with Crippen LogP contribution in [0.3, 0.4) is 0 Å². The van der Waals surface area contributed by atoms with Gasteiger partial charge >= 0.3 is 0 Å². The first kappa shape index (κ1) is 11.9. The summed E-state index contributed by atoms with van der Waals surface area (Å²) in [7, 11) is 0. The Kier molecular flexibility index (Phi) is 6.14. The van der Waals surface area contributed by atoms with Crippen LogP contribution >= 0.6 is 11.8 Å². The normalized spacial score (nSPS) is 19.0. The van der Waals surface area contributed by atoms with Crippen molar-refractivity contribution in [1.82, 2.24) is 0 Å². The Balaban J connectivity index is 2.00. The molecule has 0 heterocycles. The first-order valence-electron chi connectivity index (χ1n) is 5.52. The third-order valence-electron chi connectivity index (χ3n) is 2.61. The van der Waals surface area contributed by atoms with Crippen molar-refractivity contribution in [2.24, 2.45) is 0 Å². The summed E-state index contributed by atoms with van der Waals surface area (Å²) in [6.45, 7) is 1.85. The van der Waals surface area contributed by atoms with E-state index in [1.807, 2.05) is 18.7 Å². The van der Waals surface area contributed by atoms with Crippen LogP contribution in [0.4, 0.5) is 0 Å². The van der Waals surface area contributed by atoms with E-state index in [9.17, 15) is 5.11 Å². The van der Waals surface area contributed by atoms with Crippen molar-refractivity contribution in [2.45, 2.75) is 56.8 Å². The molecule has 0 aromatic carbocycles. The fourth-order valence-corrected chi connectivity index (χ4v) is 3.08. The van der Waals surface area contributed by atoms with Gasteiger partial charge in [0.05, 0.1) is 6.10 Å². The van der Waals surface area contributed by atoms with Gasteiger partial charge in [-0.3, -0.25) is 0 Å². The van der Waals surface area contributed by atoms with E-state index in [1.165, 1.54) is 25.7 Å². The Morgan fingerprint density at radius 3 is 2.79 bits per heavy atom. The summed E-state index contributed by atoms with van der Waals surface area (Å²) in [5.41, 5.74) is 0. The molecule has 1 unspecified atom stereocenters. The molecular weight excluding hydrogens is 192 g/mol. The van der Waals surface area contributed by atoms with E-state index in [1.54, 1.807) is 0 Å². The molecule has 0 spiro atoms. The molecule has 1 N–H and O–H groups in total. The highest BCUT2D eigenvalue weighted by Crippen LogP contribution is 2.29. The smallest absolute Gasteiger partial charge is 0.0639 e. The summed E-state index contributed by atoms with van der Waals surface area (Å²) < 4.78 is 0. The predicted octanol–water partition coefficient (Wildman–Crippen LogP) is 2.83. The zero-order chi connectivity index (χ0) is 10.2. The van der Waals surface area contributed by atoms with E-state index in [0.29, 0.717) is 0 Å². The van der Waals surface area contributed by atoms with E-state index >= 15 is 0 Å². The van der Waals surface area contributed by atoms with Crippen LogP contribution in [0.15, 0.2) is 0 Å². The molecule has 0 aromatic heterocycles. The van der Waals surface area contributed by atoms with Crippen LogP contribution in [0.25, 0.3) is 0 Å². The van der Waals surface area contributed by atoms with Gasteiger partial charge in [-0.05, 0) is 26.2 Å². The molecule has 0 amide bonds. The third-order valence-corrected chi connectivity index (χ3v) is 4.13. The molecule has 2 heteroatoms. The van der Waals surface area contributed by atoms with Crippen LogP contribution in [0.5, 0.6) is 0 Å². The Morgan fingerprint density at radius 2 is 2.14 bits per heavy atom. The van der Waals surface area contributed by atoms with Crippen LogP contribution in [0, 0.1) is 11.8 Å². The van der Waals surface area contributed by atoms with Gasteiger partial charge in [-0.25, -0.2) is 0 Å². The molecule has 1 saturated carbocycles. The summed E-state index contributed by atoms with van der Waals surface area (Å²) in [4.78, 5) is 0. The molecule has 14 heavy (non-hydrogen) atoms. The summed E-state index contributed by atoms with van der Waals surface area (Å²) in [6.07, 6.45) is 6.99. The maximum atomic E-state index is 9.65. The first-order valence-corrected chi connectivity index (χ1v) is 6.57. The summed E-state index contributed by atoms with van der Waals surface area (Å²) in [6, 6.07) is 0. The van der Waals surface area contributed by atoms with Gasteiger partial charge < -0.3 is 5.11 Å². The molecule has 1 rings (SSSR count). The Morgan fingerprint density at radius 1 is 1.43 bits per heavy atom. The fourth-order valence-electron chi connectivity index (χ4n) is 1.75. The lowest BCUT2D eigenvalue weighted by molar-refractivity contribution is 0.191. The standard InChI is InChI=1S/C12H20OS/c1-2-3-4-7-11(13)10-14-12-8-5-6-9-12/h11-13H,4-10H2,1H3. The zero-order valence-electron chi connectivity index (χ0n) is 8.96. The molecule has 0 aromatic rings. The molecule has 1 aliphatic rings. The van der Waals surface area contributed by atoms with Gasteiger partial charge in [0.15, 0.2) is 0 Å². The summed E-state index contributed by atoms with van der Waals surface area (Å²) >= 11 is 1.95. The minimum atomic E-state index is -0.151. The molecule has 1 nitrogen and oxygen atoms in total. The van der Waals surface area contributed by atoms with Crippen molar-refractivity contribution in [3.05, 3.63) is 0 Å². The Labute approximate surface area is 91.7 Å². The fraction of sp³-hybridized carbons (Fsp3) is 0.833. The van der Waals surface area contributed by atoms with Crippen LogP contribution in [-0.2, 0) is 0 Å². The highest BCUT2D eigenvalue weighted by molar-refractivity contribution is 7.99. The lowest BCUT2D eigenvalue weighted by Crippen LogP contribution is -2.11. The number of aliphatic hydroxyl groups is 1. The van der Waals surface area contributed by atoms with Gasteiger partial charge in [-0.1, -0.05) is 12.8 Å². The maximum absolute atomic E-state index is 9.65. The zero-order valence-corrected chi connectivity index (χ0v) is 9.78. The van der Waals surface area contributed by atoms with E-state index in [-0.39, 0.29) is 6.10 Å². The molecule has 1 fully saturated rings. The SMILES string of the molecule is CC#CCCC(O)CSC1CCCC1. The Hall–Kier alpha value is -0.130. The maximum Gasteiger partial charge on any atom is 0.0639 e. The van der Waals surface area contributed by atoms with Gasteiger partial charge in [0.2, 0.25) is 0 Å². The quantitative estimate of drug-likeness (QED) is 0.707. The molecule has 0 radical (unpaired) electrons. The van der Waals surface area contributed by atoms with Crippen molar-refractivity contribution in [1.29, 1.82) is 0 Å². The topological polar surface area (TPSA) is 20.2 Å². The third kappa shape index (κ3) is 4.93. The van der Waals surface area contributed by atoms with Crippen LogP contribution in [-0.4, -0.2) is 22.2 Å². The van der Waals surface area contributed by atoms with Gasteiger partial charge in [-0.15, -0.1) is 11.8 Å². The molecule has 1 aliphatic carbocycles. The van der Waals surface area contributed by atoms with Gasteiger partial charge in [-0.2, -0.15) is 11.8 Å². The molecular formula is C12H20OS. The minimum absolute atomic E-state index is 0.151. The minimum Gasteiger partial charge on any atom is -0.392 e. The van der Waals surface area contributed by atoms with Gasteiger partial charge in [0.1, 0.15) is 0 Å². The molecule has 1 atom stereocenters. The van der Waals surface area contributed by atoms with E-state index in [2.05, 4.69) is 11.8 Å². The second-order valence-corrected chi connectivity index (χ2v) is 5.19. The van der Waals surface area contributed by atoms with Gasteiger partial charge in [0, 0.05) is 17.4 Å². The average molecular weight is 212 g/mol. The number of aliphatic hydroxyl groups excluding tert-OH is 1. The predicted molar refractivity (Wildman–Crippen MR) is 63.4 cm³/mol. The van der Waals surface area contributed by atoms with Crippen molar-refractivity contribution < 1.29 is 5.11 Å². The highest BCUT2D eigenvalue weighted by atomic mass is 32.2. The Bertz CT molecular complexity index is 198. The first-order chi connectivity index (χ1) is 6.83. The van der Waals surface area contributed by atoms with Crippen molar-refractivity contribution in [2.75, 3.05) is 5.75 Å². The number of thioether (sulfide) groups is 1. The van der Waals surface area contributed by atoms with E-state index in [0.717, 1.165) is 23.8 Å². The molecule has 80 valence electrons. The monoisotopic (exact) mass is 212 g/mol. The van der Waals surface area contributed by atoms with Crippen molar-refractivity contribution in [3.8, 4) is 11.8 Å². The van der Waals surface area contributed by atoms with E-state index in [4.69, 9.17) is 0 Å².